The van der Waals surface area contributed by atoms with Crippen molar-refractivity contribution in [2.45, 2.75) is 0 Å². The molecule has 0 unspecified atom stereocenters. The molecule has 0 radical (unpaired) electrons. The molecule has 1 fully saturated rings. The van der Waals surface area contributed by atoms with E-state index in [1.54, 1.807) is 0 Å². The molecule has 0 aromatic heterocycles. The molecule has 6 heteroatoms. The van der Waals surface area contributed by atoms with Crippen LogP contribution in [0.3, 0.4) is 0 Å². The van der Waals surface area contributed by atoms with Crippen LogP contribution in [-0.2, 0) is 14.3 Å². The average molecular weight is 265 g/mol. The van der Waals surface area contributed by atoms with Crippen LogP contribution in [0.15, 0.2) is 12.7 Å². The summed E-state index contributed by atoms with van der Waals surface area (Å²) in [5.74, 6) is -0.202. The van der Waals surface area contributed by atoms with E-state index in [0.717, 1.165) is 37.3 Å². The number of nitrogens with one attached hydrogen (secondary N) is 1. The zero-order valence-electron chi connectivity index (χ0n) is 10.3. The van der Waals surface area contributed by atoms with Crippen LogP contribution in [0, 0.1) is 0 Å². The molecule has 1 aliphatic heterocycles. The third kappa shape index (κ3) is 6.63. The quantitative estimate of drug-likeness (QED) is 0.237. The number of hydrogen-bond acceptors (Lipinski definition) is 3. The number of amides is 1. The molecule has 1 rings (SSSR count). The first-order chi connectivity index (χ1) is 7.66. The van der Waals surface area contributed by atoms with E-state index >= 15 is 0 Å². The number of carbonyl (C=O) groups is 1. The van der Waals surface area contributed by atoms with Gasteiger partial charge in [-0.1, -0.05) is 6.58 Å². The first-order valence-corrected chi connectivity index (χ1v) is 5.56. The van der Waals surface area contributed by atoms with Gasteiger partial charge in [0, 0.05) is 0 Å². The lowest BCUT2D eigenvalue weighted by molar-refractivity contribution is -0.917. The molecule has 0 atom stereocenters. The lowest BCUT2D eigenvalue weighted by atomic mass is 10.3. The Labute approximate surface area is 109 Å². The summed E-state index contributed by atoms with van der Waals surface area (Å²) in [5, 5.41) is 2.57. The number of ether oxygens (including phenoxy) is 2. The minimum absolute atomic E-state index is 0. The second-order valence-corrected chi connectivity index (χ2v) is 4.20. The summed E-state index contributed by atoms with van der Waals surface area (Å²) >= 11 is 0. The maximum atomic E-state index is 10.8. The molecule has 1 aliphatic rings. The van der Waals surface area contributed by atoms with Gasteiger partial charge in [0.15, 0.2) is 0 Å². The minimum atomic E-state index is -0.202. The summed E-state index contributed by atoms with van der Waals surface area (Å²) in [7, 11) is 2.20. The highest BCUT2D eigenvalue weighted by atomic mass is 35.5. The highest BCUT2D eigenvalue weighted by Gasteiger charge is 2.24. The molecule has 1 N–H and O–H groups in total. The van der Waals surface area contributed by atoms with E-state index < -0.39 is 0 Å². The molecule has 0 aromatic carbocycles. The number of rotatable bonds is 6. The molecule has 0 aliphatic carbocycles. The maximum Gasteiger partial charge on any atom is 0.245 e. The second-order valence-electron chi connectivity index (χ2n) is 4.20. The van der Waals surface area contributed by atoms with Crippen molar-refractivity contribution in [2.24, 2.45) is 0 Å². The van der Waals surface area contributed by atoms with Crippen LogP contribution < -0.4 is 17.7 Å². The maximum absolute atomic E-state index is 10.8. The van der Waals surface area contributed by atoms with E-state index in [4.69, 9.17) is 9.47 Å². The van der Waals surface area contributed by atoms with Crippen LogP contribution in [0.5, 0.6) is 0 Å². The van der Waals surface area contributed by atoms with Crippen molar-refractivity contribution in [3.05, 3.63) is 12.7 Å². The zero-order valence-corrected chi connectivity index (χ0v) is 11.0. The molecule has 1 amide bonds. The third-order valence-corrected chi connectivity index (χ3v) is 2.86. The lowest BCUT2D eigenvalue weighted by Crippen LogP contribution is -3.00. The van der Waals surface area contributed by atoms with Crippen molar-refractivity contribution in [2.75, 3.05) is 53.2 Å². The van der Waals surface area contributed by atoms with E-state index in [-0.39, 0.29) is 25.0 Å². The topological polar surface area (TPSA) is 47.6 Å². The number of carbonyl (C=O) groups excluding carboxylic acids is 1. The van der Waals surface area contributed by atoms with E-state index in [9.17, 15) is 4.79 Å². The SMILES string of the molecule is C=CC(=O)NCOCC[N+]1(C)CCOCC1.[Cl-]. The van der Waals surface area contributed by atoms with Crippen molar-refractivity contribution in [1.82, 2.24) is 5.32 Å². The predicted octanol–water partition coefficient (Wildman–Crippen LogP) is -3.26. The predicted molar refractivity (Wildman–Crippen MR) is 60.8 cm³/mol. The largest absolute Gasteiger partial charge is 1.00 e. The van der Waals surface area contributed by atoms with Crippen molar-refractivity contribution in [1.29, 1.82) is 0 Å². The fourth-order valence-electron chi connectivity index (χ4n) is 1.56. The van der Waals surface area contributed by atoms with Gasteiger partial charge >= 0.3 is 0 Å². The van der Waals surface area contributed by atoms with E-state index in [2.05, 4.69) is 18.9 Å². The third-order valence-electron chi connectivity index (χ3n) is 2.86. The molecule has 0 saturated carbocycles. The Kier molecular flexibility index (Phi) is 8.16. The molecule has 100 valence electrons. The Morgan fingerprint density at radius 2 is 2.18 bits per heavy atom. The van der Waals surface area contributed by atoms with Crippen LogP contribution in [0.25, 0.3) is 0 Å². The first kappa shape index (κ1) is 16.4. The monoisotopic (exact) mass is 264 g/mol. The Bertz CT molecular complexity index is 243. The summed E-state index contributed by atoms with van der Waals surface area (Å²) in [6.07, 6.45) is 1.24. The Morgan fingerprint density at radius 3 is 2.76 bits per heavy atom. The summed E-state index contributed by atoms with van der Waals surface area (Å²) in [5.41, 5.74) is 0. The summed E-state index contributed by atoms with van der Waals surface area (Å²) in [6, 6.07) is 0. The summed E-state index contributed by atoms with van der Waals surface area (Å²) in [6.45, 7) is 8.92. The zero-order chi connectivity index (χ0) is 11.9. The minimum Gasteiger partial charge on any atom is -1.00 e. The van der Waals surface area contributed by atoms with Gasteiger partial charge in [-0.25, -0.2) is 0 Å². The van der Waals surface area contributed by atoms with E-state index in [0.29, 0.717) is 6.61 Å². The molecular weight excluding hydrogens is 244 g/mol. The van der Waals surface area contributed by atoms with Gasteiger partial charge in [-0.2, -0.15) is 0 Å². The summed E-state index contributed by atoms with van der Waals surface area (Å²) < 4.78 is 11.6. The van der Waals surface area contributed by atoms with Crippen molar-refractivity contribution in [3.63, 3.8) is 0 Å². The fraction of sp³-hybridized carbons (Fsp3) is 0.727. The number of hydrogen-bond donors (Lipinski definition) is 1. The Morgan fingerprint density at radius 1 is 1.53 bits per heavy atom. The number of halogens is 1. The Balaban J connectivity index is 0.00000256. The normalized spacial score (nSPS) is 17.9. The van der Waals surface area contributed by atoms with Crippen LogP contribution in [-0.4, -0.2) is 63.6 Å². The standard InChI is InChI=1S/C11H20N2O3.ClH/c1-3-11(14)12-10-16-9-6-13(2)4-7-15-8-5-13;/h3H,1,4-10H2,2H3;1H. The first-order valence-electron chi connectivity index (χ1n) is 5.56. The van der Waals surface area contributed by atoms with Crippen LogP contribution >= 0.6 is 0 Å². The lowest BCUT2D eigenvalue weighted by Gasteiger charge is -2.37. The number of nitrogens with zero attached hydrogens (tertiary/aromatic N) is 1. The molecule has 17 heavy (non-hydrogen) atoms. The van der Waals surface area contributed by atoms with Gasteiger partial charge in [-0.05, 0) is 6.08 Å². The van der Waals surface area contributed by atoms with Gasteiger partial charge in [0.1, 0.15) is 26.4 Å². The number of likely N-dealkylation sites (N-methyl/N-ethyl adjacent to an activating group) is 1. The molecule has 1 saturated heterocycles. The van der Waals surface area contributed by atoms with Crippen molar-refractivity contribution in [3.8, 4) is 0 Å². The molecule has 0 aromatic rings. The van der Waals surface area contributed by atoms with Crippen LogP contribution in [0.2, 0.25) is 0 Å². The van der Waals surface area contributed by atoms with Crippen LogP contribution in [0.1, 0.15) is 0 Å². The van der Waals surface area contributed by atoms with Gasteiger partial charge in [-0.15, -0.1) is 0 Å². The van der Waals surface area contributed by atoms with E-state index in [1.165, 1.54) is 6.08 Å². The molecule has 5 nitrogen and oxygen atoms in total. The molecule has 0 bridgehead atoms. The highest BCUT2D eigenvalue weighted by Crippen LogP contribution is 2.06. The van der Waals surface area contributed by atoms with Gasteiger partial charge in [0.05, 0.1) is 26.9 Å². The summed E-state index contributed by atoms with van der Waals surface area (Å²) in [4.78, 5) is 10.8. The van der Waals surface area contributed by atoms with Gasteiger partial charge in [0.25, 0.3) is 0 Å². The van der Waals surface area contributed by atoms with Crippen molar-refractivity contribution >= 4 is 5.91 Å². The highest BCUT2D eigenvalue weighted by molar-refractivity contribution is 5.86. The average Bonchev–Trinajstić information content (AvgIpc) is 2.29. The Hall–Kier alpha value is -0.620. The van der Waals surface area contributed by atoms with Crippen LogP contribution in [0.4, 0.5) is 0 Å². The smallest absolute Gasteiger partial charge is 0.245 e. The molecular formula is C11H21ClN2O3. The van der Waals surface area contributed by atoms with Gasteiger partial charge in [0.2, 0.25) is 5.91 Å². The van der Waals surface area contributed by atoms with Crippen molar-refractivity contribution < 1.29 is 31.2 Å². The number of morpholine rings is 1. The second kappa shape index (κ2) is 8.47. The molecule has 1 heterocycles. The fourth-order valence-corrected chi connectivity index (χ4v) is 1.56. The number of quaternary nitrogens is 1. The van der Waals surface area contributed by atoms with Gasteiger partial charge in [-0.3, -0.25) is 4.79 Å². The van der Waals surface area contributed by atoms with Gasteiger partial charge < -0.3 is 31.7 Å². The van der Waals surface area contributed by atoms with E-state index in [1.807, 2.05) is 0 Å². The molecule has 0 spiro atoms.